The second kappa shape index (κ2) is 12.4. The molecule has 3 aromatic carbocycles. The molecule has 0 unspecified atom stereocenters. The summed E-state index contributed by atoms with van der Waals surface area (Å²) in [7, 11) is 2.14. The summed E-state index contributed by atoms with van der Waals surface area (Å²) in [5, 5.41) is 18.8. The average Bonchev–Trinajstić information content (AvgIpc) is 3.49. The number of fused-ring (bicyclic) bond motifs is 1. The molecule has 10 nitrogen and oxygen atoms in total. The van der Waals surface area contributed by atoms with Crippen molar-refractivity contribution < 1.29 is 19.5 Å². The number of nitrogens with one attached hydrogen (secondary N) is 4. The third-order valence-electron chi connectivity index (χ3n) is 8.43. The molecule has 0 bridgehead atoms. The molecule has 1 saturated heterocycles. The molecule has 0 spiro atoms. The molecule has 2 aliphatic heterocycles. The summed E-state index contributed by atoms with van der Waals surface area (Å²) < 4.78 is 0. The Kier molecular flexibility index (Phi) is 8.25. The third-order valence-corrected chi connectivity index (χ3v) is 8.43. The summed E-state index contributed by atoms with van der Waals surface area (Å²) in [4.78, 5) is 45.6. The predicted octanol–water partition coefficient (Wildman–Crippen LogP) is 5.57. The number of aromatic nitrogens is 1. The highest BCUT2D eigenvalue weighted by Gasteiger charge is 2.28. The van der Waals surface area contributed by atoms with Gasteiger partial charge >= 0.3 is 5.97 Å². The number of hydrogen-bond acceptors (Lipinski definition) is 6. The van der Waals surface area contributed by atoms with Crippen molar-refractivity contribution in [3.05, 3.63) is 106 Å². The summed E-state index contributed by atoms with van der Waals surface area (Å²) in [6.07, 6.45) is 1.69. The molecule has 10 heteroatoms. The van der Waals surface area contributed by atoms with Gasteiger partial charge < -0.3 is 30.9 Å². The Bertz CT molecular complexity index is 1820. The summed E-state index contributed by atoms with van der Waals surface area (Å²) in [6, 6.07) is 20.7. The number of aryl methyl sites for hydroxylation is 1. The van der Waals surface area contributed by atoms with E-state index in [1.165, 1.54) is 5.56 Å². The largest absolute Gasteiger partial charge is 0.478 e. The van der Waals surface area contributed by atoms with Crippen LogP contribution in [0.4, 0.5) is 22.7 Å². The fourth-order valence-corrected chi connectivity index (χ4v) is 5.90. The highest BCUT2D eigenvalue weighted by Crippen LogP contribution is 2.40. The highest BCUT2D eigenvalue weighted by molar-refractivity contribution is 6.36. The van der Waals surface area contributed by atoms with Crippen molar-refractivity contribution >= 4 is 52.2 Å². The van der Waals surface area contributed by atoms with Gasteiger partial charge in [0.15, 0.2) is 0 Å². The van der Waals surface area contributed by atoms with Gasteiger partial charge in [-0.05, 0) is 74.5 Å². The van der Waals surface area contributed by atoms with Crippen molar-refractivity contribution in [1.29, 1.82) is 0 Å². The summed E-state index contributed by atoms with van der Waals surface area (Å²) in [6.45, 7) is 8.52. The van der Waals surface area contributed by atoms with Gasteiger partial charge in [0.2, 0.25) is 0 Å². The van der Waals surface area contributed by atoms with Crippen molar-refractivity contribution in [3.8, 4) is 0 Å². The van der Waals surface area contributed by atoms with E-state index in [1.54, 1.807) is 19.9 Å². The minimum atomic E-state index is -1.01. The number of carboxylic acids is 1. The normalized spacial score (nSPS) is 16.0. The number of carbonyl (C=O) groups excluding carboxylic acids is 2. The van der Waals surface area contributed by atoms with E-state index in [2.05, 4.69) is 37.8 Å². The number of benzene rings is 3. The lowest BCUT2D eigenvalue weighted by atomic mass is 10.0. The lowest BCUT2D eigenvalue weighted by molar-refractivity contribution is -0.110. The van der Waals surface area contributed by atoms with E-state index >= 15 is 0 Å². The van der Waals surface area contributed by atoms with Crippen LogP contribution in [0.15, 0.2) is 66.7 Å². The number of H-pyrrole nitrogens is 1. The van der Waals surface area contributed by atoms with Crippen LogP contribution in [0.5, 0.6) is 0 Å². The Hall–Kier alpha value is -5.19. The predicted molar refractivity (Wildman–Crippen MR) is 177 cm³/mol. The average molecular weight is 605 g/mol. The van der Waals surface area contributed by atoms with Crippen LogP contribution in [0, 0.1) is 13.8 Å². The number of carbonyl (C=O) groups is 3. The Labute approximate surface area is 261 Å². The molecular formula is C35H36N6O4. The molecule has 0 atom stereocenters. The van der Waals surface area contributed by atoms with Gasteiger partial charge in [0.05, 0.1) is 22.5 Å². The van der Waals surface area contributed by atoms with Gasteiger partial charge in [-0.2, -0.15) is 0 Å². The maximum Gasteiger partial charge on any atom is 0.337 e. The number of carboxylic acid groups (broad SMARTS) is 1. The lowest BCUT2D eigenvalue weighted by Gasteiger charge is -2.32. The first-order chi connectivity index (χ1) is 21.7. The SMILES string of the molecule is Cc1[nH]c(C=C2C(=O)Nc3c(Nc4cccc(NC(=O)c5ccc(CN6CCN(C)CC6)cc5)c4)cccc32)c(C)c1C(=O)O. The van der Waals surface area contributed by atoms with Crippen LogP contribution in [0.3, 0.4) is 0 Å². The van der Waals surface area contributed by atoms with Crippen molar-refractivity contribution in [2.24, 2.45) is 0 Å². The number of aromatic amines is 1. The van der Waals surface area contributed by atoms with Crippen LogP contribution in [0.2, 0.25) is 0 Å². The number of amides is 2. The molecule has 4 aromatic rings. The fraction of sp³-hybridized carbons (Fsp3) is 0.229. The van der Waals surface area contributed by atoms with Crippen LogP contribution in [-0.4, -0.2) is 70.9 Å². The zero-order chi connectivity index (χ0) is 31.7. The summed E-state index contributed by atoms with van der Waals surface area (Å²) in [5.74, 6) is -1.48. The number of aromatic carboxylic acids is 1. The van der Waals surface area contributed by atoms with Gasteiger partial charge in [0.25, 0.3) is 11.8 Å². The molecule has 1 fully saturated rings. The second-order valence-corrected chi connectivity index (χ2v) is 11.6. The number of anilines is 4. The third kappa shape index (κ3) is 6.38. The van der Waals surface area contributed by atoms with E-state index in [0.29, 0.717) is 50.7 Å². The molecule has 2 amide bonds. The Morgan fingerprint density at radius 3 is 2.38 bits per heavy atom. The minimum Gasteiger partial charge on any atom is -0.478 e. The second-order valence-electron chi connectivity index (χ2n) is 11.6. The summed E-state index contributed by atoms with van der Waals surface area (Å²) in [5.41, 5.74) is 7.48. The maximum absolute atomic E-state index is 13.0. The first kappa shape index (κ1) is 29.9. The van der Waals surface area contributed by atoms with Gasteiger partial charge in [-0.3, -0.25) is 14.5 Å². The Balaban J connectivity index is 1.15. The molecule has 3 heterocycles. The Morgan fingerprint density at radius 1 is 0.956 bits per heavy atom. The van der Waals surface area contributed by atoms with Crippen molar-refractivity contribution in [2.75, 3.05) is 49.2 Å². The minimum absolute atomic E-state index is 0.193. The van der Waals surface area contributed by atoms with Gasteiger partial charge in [-0.1, -0.05) is 30.3 Å². The monoisotopic (exact) mass is 604 g/mol. The van der Waals surface area contributed by atoms with Crippen molar-refractivity contribution in [3.63, 3.8) is 0 Å². The molecule has 0 saturated carbocycles. The van der Waals surface area contributed by atoms with E-state index in [0.717, 1.165) is 38.4 Å². The quantitative estimate of drug-likeness (QED) is 0.166. The lowest BCUT2D eigenvalue weighted by Crippen LogP contribution is -2.43. The number of piperazine rings is 1. The molecule has 5 N–H and O–H groups in total. The van der Waals surface area contributed by atoms with E-state index in [4.69, 9.17) is 0 Å². The van der Waals surface area contributed by atoms with Crippen LogP contribution in [-0.2, 0) is 11.3 Å². The zero-order valence-corrected chi connectivity index (χ0v) is 25.5. The van der Waals surface area contributed by atoms with E-state index in [9.17, 15) is 19.5 Å². The van der Waals surface area contributed by atoms with Crippen LogP contribution < -0.4 is 16.0 Å². The van der Waals surface area contributed by atoms with E-state index in [-0.39, 0.29) is 17.4 Å². The van der Waals surface area contributed by atoms with Crippen molar-refractivity contribution in [1.82, 2.24) is 14.8 Å². The first-order valence-corrected chi connectivity index (χ1v) is 14.9. The smallest absolute Gasteiger partial charge is 0.337 e. The van der Waals surface area contributed by atoms with Gasteiger partial charge in [-0.15, -0.1) is 0 Å². The number of para-hydroxylation sites is 1. The topological polar surface area (TPSA) is 130 Å². The maximum atomic E-state index is 13.0. The molecule has 2 aliphatic rings. The van der Waals surface area contributed by atoms with Crippen LogP contribution in [0.1, 0.15) is 48.8 Å². The standard InChI is InChI=1S/C35H36N6O4/c1-21-30(36-22(2)31(21)35(44)45)19-28-27-8-5-9-29(32(27)39-34(28)43)37-25-6-4-7-26(18-25)38-33(42)24-12-10-23(11-13-24)20-41-16-14-40(3)15-17-41/h4-13,18-19,36-37H,14-17,20H2,1-3H3,(H,38,42)(H,39,43)(H,44,45). The number of rotatable bonds is 8. The van der Waals surface area contributed by atoms with E-state index < -0.39 is 5.97 Å². The molecule has 230 valence electrons. The molecule has 1 aromatic heterocycles. The van der Waals surface area contributed by atoms with Crippen molar-refractivity contribution in [2.45, 2.75) is 20.4 Å². The first-order valence-electron chi connectivity index (χ1n) is 14.9. The highest BCUT2D eigenvalue weighted by atomic mass is 16.4. The molecule has 0 radical (unpaired) electrons. The van der Waals surface area contributed by atoms with E-state index in [1.807, 2.05) is 66.7 Å². The summed E-state index contributed by atoms with van der Waals surface area (Å²) >= 11 is 0. The zero-order valence-electron chi connectivity index (χ0n) is 25.5. The van der Waals surface area contributed by atoms with Gasteiger partial charge in [-0.25, -0.2) is 4.79 Å². The number of nitrogens with zero attached hydrogens (tertiary/aromatic N) is 2. The Morgan fingerprint density at radius 2 is 1.67 bits per heavy atom. The van der Waals surface area contributed by atoms with Gasteiger partial charge in [0, 0.05) is 66.6 Å². The molecule has 0 aliphatic carbocycles. The molecule has 45 heavy (non-hydrogen) atoms. The fourth-order valence-electron chi connectivity index (χ4n) is 5.90. The van der Waals surface area contributed by atoms with Crippen LogP contribution >= 0.6 is 0 Å². The molecular weight excluding hydrogens is 568 g/mol. The molecule has 6 rings (SSSR count). The number of hydrogen-bond donors (Lipinski definition) is 5. The van der Waals surface area contributed by atoms with Crippen LogP contribution in [0.25, 0.3) is 11.6 Å². The van der Waals surface area contributed by atoms with Gasteiger partial charge in [0.1, 0.15) is 0 Å². The number of likely N-dealkylation sites (N-methyl/N-ethyl adjacent to an activating group) is 1.